The van der Waals surface area contributed by atoms with Gasteiger partial charge in [-0.1, -0.05) is 44.4 Å². The van der Waals surface area contributed by atoms with E-state index in [2.05, 4.69) is 13.8 Å². The van der Waals surface area contributed by atoms with Gasteiger partial charge in [0.1, 0.15) is 5.75 Å². The quantitative estimate of drug-likeness (QED) is 0.713. The van der Waals surface area contributed by atoms with Gasteiger partial charge in [0.05, 0.1) is 6.61 Å². The molecule has 78 valence electrons. The molecule has 14 heavy (non-hydrogen) atoms. The molecule has 0 unspecified atom stereocenters. The molecule has 0 N–H and O–H groups in total. The van der Waals surface area contributed by atoms with Crippen LogP contribution < -0.4 is 4.74 Å². The largest absolute Gasteiger partial charge is 0.493 e. The summed E-state index contributed by atoms with van der Waals surface area (Å²) in [5, 5.41) is 0.729. The number of hydrogen-bond donors (Lipinski definition) is 0. The second-order valence-electron chi connectivity index (χ2n) is 3.45. The van der Waals surface area contributed by atoms with Gasteiger partial charge in [-0.3, -0.25) is 0 Å². The molecule has 0 heterocycles. The molecule has 2 heteroatoms. The zero-order valence-electron chi connectivity index (χ0n) is 8.79. The summed E-state index contributed by atoms with van der Waals surface area (Å²) in [6.45, 7) is 5.17. The van der Waals surface area contributed by atoms with E-state index in [1.165, 1.54) is 0 Å². The van der Waals surface area contributed by atoms with Crippen LogP contribution in [0.3, 0.4) is 0 Å². The molecule has 0 saturated heterocycles. The minimum atomic E-state index is 0.647. The van der Waals surface area contributed by atoms with E-state index in [1.807, 2.05) is 24.3 Å². The highest BCUT2D eigenvalue weighted by Crippen LogP contribution is 2.18. The second-order valence-corrected chi connectivity index (χ2v) is 3.89. The maximum absolute atomic E-state index is 5.85. The predicted molar refractivity (Wildman–Crippen MR) is 61.0 cm³/mol. The van der Waals surface area contributed by atoms with Crippen LogP contribution in [0.2, 0.25) is 5.02 Å². The van der Waals surface area contributed by atoms with Crippen LogP contribution in [0.1, 0.15) is 26.7 Å². The topological polar surface area (TPSA) is 9.23 Å². The van der Waals surface area contributed by atoms with Gasteiger partial charge >= 0.3 is 0 Å². The first-order valence-electron chi connectivity index (χ1n) is 5.14. The standard InChI is InChI=1S/C12H17ClO/c1-3-10(4-2)9-14-12-7-5-6-11(13)8-12/h5-8,10H,3-4,9H2,1-2H3. The van der Waals surface area contributed by atoms with Gasteiger partial charge in [-0.15, -0.1) is 0 Å². The van der Waals surface area contributed by atoms with Crippen molar-refractivity contribution in [2.75, 3.05) is 6.61 Å². The Hall–Kier alpha value is -0.690. The third-order valence-electron chi connectivity index (χ3n) is 2.44. The van der Waals surface area contributed by atoms with Crippen molar-refractivity contribution in [2.45, 2.75) is 26.7 Å². The van der Waals surface area contributed by atoms with E-state index in [4.69, 9.17) is 16.3 Å². The fourth-order valence-corrected chi connectivity index (χ4v) is 1.48. The summed E-state index contributed by atoms with van der Waals surface area (Å²) in [5.74, 6) is 1.51. The predicted octanol–water partition coefficient (Wildman–Crippen LogP) is 4.16. The zero-order chi connectivity index (χ0) is 10.4. The van der Waals surface area contributed by atoms with Gasteiger partial charge in [-0.05, 0) is 24.1 Å². The maximum atomic E-state index is 5.85. The molecule has 0 radical (unpaired) electrons. The third-order valence-corrected chi connectivity index (χ3v) is 2.67. The van der Waals surface area contributed by atoms with Gasteiger partial charge in [0, 0.05) is 5.02 Å². The van der Waals surface area contributed by atoms with E-state index in [9.17, 15) is 0 Å². The Morgan fingerprint density at radius 2 is 2.00 bits per heavy atom. The lowest BCUT2D eigenvalue weighted by atomic mass is 10.1. The molecule has 1 nitrogen and oxygen atoms in total. The second kappa shape index (κ2) is 5.92. The molecule has 1 rings (SSSR count). The molecule has 0 atom stereocenters. The molecule has 0 saturated carbocycles. The number of ether oxygens (including phenoxy) is 1. The Bertz CT molecular complexity index is 269. The normalized spacial score (nSPS) is 10.6. The fourth-order valence-electron chi connectivity index (χ4n) is 1.30. The summed E-state index contributed by atoms with van der Waals surface area (Å²) in [5.41, 5.74) is 0. The van der Waals surface area contributed by atoms with Crippen LogP contribution >= 0.6 is 11.6 Å². The first-order valence-corrected chi connectivity index (χ1v) is 5.52. The number of halogens is 1. The fraction of sp³-hybridized carbons (Fsp3) is 0.500. The Morgan fingerprint density at radius 1 is 1.29 bits per heavy atom. The SMILES string of the molecule is CCC(CC)COc1cccc(Cl)c1. The molecule has 0 aliphatic heterocycles. The first kappa shape index (κ1) is 11.4. The monoisotopic (exact) mass is 212 g/mol. The summed E-state index contributed by atoms with van der Waals surface area (Å²) in [4.78, 5) is 0. The van der Waals surface area contributed by atoms with Crippen LogP contribution in [0.4, 0.5) is 0 Å². The van der Waals surface area contributed by atoms with Crippen molar-refractivity contribution in [1.82, 2.24) is 0 Å². The van der Waals surface area contributed by atoms with Crippen molar-refractivity contribution in [1.29, 1.82) is 0 Å². The molecule has 0 amide bonds. The lowest BCUT2D eigenvalue weighted by Crippen LogP contribution is -2.09. The zero-order valence-corrected chi connectivity index (χ0v) is 9.55. The van der Waals surface area contributed by atoms with Gasteiger partial charge in [0.25, 0.3) is 0 Å². The Labute approximate surface area is 91.0 Å². The minimum Gasteiger partial charge on any atom is -0.493 e. The summed E-state index contributed by atoms with van der Waals surface area (Å²) in [7, 11) is 0. The maximum Gasteiger partial charge on any atom is 0.120 e. The first-order chi connectivity index (χ1) is 6.76. The van der Waals surface area contributed by atoms with Gasteiger partial charge in [-0.25, -0.2) is 0 Å². The molecule has 0 bridgehead atoms. The van der Waals surface area contributed by atoms with Gasteiger partial charge in [0.2, 0.25) is 0 Å². The molecule has 0 fully saturated rings. The van der Waals surface area contributed by atoms with E-state index < -0.39 is 0 Å². The van der Waals surface area contributed by atoms with Crippen LogP contribution in [0.5, 0.6) is 5.75 Å². The molecule has 1 aromatic carbocycles. The van der Waals surface area contributed by atoms with Crippen molar-refractivity contribution in [3.8, 4) is 5.75 Å². The van der Waals surface area contributed by atoms with Crippen LogP contribution in [-0.4, -0.2) is 6.61 Å². The van der Waals surface area contributed by atoms with Crippen molar-refractivity contribution in [3.05, 3.63) is 29.3 Å². The Kier molecular flexibility index (Phi) is 4.81. The van der Waals surface area contributed by atoms with Gasteiger partial charge in [0.15, 0.2) is 0 Å². The minimum absolute atomic E-state index is 0.647. The highest BCUT2D eigenvalue weighted by atomic mass is 35.5. The van der Waals surface area contributed by atoms with Crippen LogP contribution in [-0.2, 0) is 0 Å². The van der Waals surface area contributed by atoms with Crippen molar-refractivity contribution in [3.63, 3.8) is 0 Å². The lowest BCUT2D eigenvalue weighted by molar-refractivity contribution is 0.240. The van der Waals surface area contributed by atoms with Crippen LogP contribution in [0.15, 0.2) is 24.3 Å². The summed E-state index contributed by atoms with van der Waals surface area (Å²) in [6, 6.07) is 7.55. The van der Waals surface area contributed by atoms with E-state index in [1.54, 1.807) is 0 Å². The summed E-state index contributed by atoms with van der Waals surface area (Å²) < 4.78 is 5.65. The average molecular weight is 213 g/mol. The van der Waals surface area contributed by atoms with Crippen LogP contribution in [0, 0.1) is 5.92 Å². The molecule has 0 spiro atoms. The van der Waals surface area contributed by atoms with E-state index in [0.717, 1.165) is 30.2 Å². The van der Waals surface area contributed by atoms with E-state index in [0.29, 0.717) is 5.92 Å². The Morgan fingerprint density at radius 3 is 2.57 bits per heavy atom. The average Bonchev–Trinajstić information content (AvgIpc) is 2.19. The summed E-state index contributed by atoms with van der Waals surface area (Å²) >= 11 is 5.85. The number of rotatable bonds is 5. The Balaban J connectivity index is 2.44. The molecule has 0 aliphatic rings. The van der Waals surface area contributed by atoms with Gasteiger partial charge in [-0.2, -0.15) is 0 Å². The van der Waals surface area contributed by atoms with Crippen molar-refractivity contribution >= 4 is 11.6 Å². The molecular weight excluding hydrogens is 196 g/mol. The molecular formula is C12H17ClO. The van der Waals surface area contributed by atoms with E-state index >= 15 is 0 Å². The van der Waals surface area contributed by atoms with Crippen molar-refractivity contribution < 1.29 is 4.74 Å². The summed E-state index contributed by atoms with van der Waals surface area (Å²) in [6.07, 6.45) is 2.33. The molecule has 0 aliphatic carbocycles. The lowest BCUT2D eigenvalue weighted by Gasteiger charge is -2.13. The van der Waals surface area contributed by atoms with Crippen LogP contribution in [0.25, 0.3) is 0 Å². The van der Waals surface area contributed by atoms with Gasteiger partial charge < -0.3 is 4.74 Å². The molecule has 0 aromatic heterocycles. The highest BCUT2D eigenvalue weighted by Gasteiger charge is 2.04. The number of hydrogen-bond acceptors (Lipinski definition) is 1. The number of benzene rings is 1. The third kappa shape index (κ3) is 3.59. The molecule has 1 aromatic rings. The van der Waals surface area contributed by atoms with E-state index in [-0.39, 0.29) is 0 Å². The van der Waals surface area contributed by atoms with Crippen molar-refractivity contribution in [2.24, 2.45) is 5.92 Å². The highest BCUT2D eigenvalue weighted by molar-refractivity contribution is 6.30. The smallest absolute Gasteiger partial charge is 0.120 e.